The molecule has 0 saturated carbocycles. The van der Waals surface area contributed by atoms with E-state index in [4.69, 9.17) is 0 Å². The van der Waals surface area contributed by atoms with Crippen LogP contribution in [0.1, 0.15) is 84.5 Å². The first kappa shape index (κ1) is 23.2. The van der Waals surface area contributed by atoms with Crippen molar-refractivity contribution in [2.75, 3.05) is 27.2 Å². The zero-order valence-corrected chi connectivity index (χ0v) is 17.1. The molecule has 1 heteroatoms. The molecule has 0 atom stereocenters. The normalized spacial score (nSPS) is 13.0. The highest BCUT2D eigenvalue weighted by atomic mass is 15.3. The molecule has 0 aromatic carbocycles. The molecule has 24 heavy (non-hydrogen) atoms. The van der Waals surface area contributed by atoms with Crippen LogP contribution in [0.5, 0.6) is 0 Å². The first-order chi connectivity index (χ1) is 11.6. The zero-order chi connectivity index (χ0) is 17.9. The Labute approximate surface area is 153 Å². The summed E-state index contributed by atoms with van der Waals surface area (Å²) in [6.07, 6.45) is 28.5. The van der Waals surface area contributed by atoms with E-state index in [0.29, 0.717) is 0 Å². The largest absolute Gasteiger partial charge is 0.325 e. The number of hydrogen-bond acceptors (Lipinski definition) is 0. The molecule has 0 aliphatic heterocycles. The third kappa shape index (κ3) is 17.5. The van der Waals surface area contributed by atoms with Crippen molar-refractivity contribution in [1.29, 1.82) is 0 Å². The van der Waals surface area contributed by atoms with Crippen molar-refractivity contribution in [1.82, 2.24) is 0 Å². The van der Waals surface area contributed by atoms with E-state index in [1.54, 1.807) is 0 Å². The van der Waals surface area contributed by atoms with Gasteiger partial charge in [0.05, 0.1) is 27.2 Å². The molecule has 0 radical (unpaired) electrons. The molecule has 0 bridgehead atoms. The minimum Gasteiger partial charge on any atom is -0.325 e. The number of rotatable bonds is 16. The monoisotopic (exact) mass is 334 g/mol. The highest BCUT2D eigenvalue weighted by molar-refractivity contribution is 5.10. The topological polar surface area (TPSA) is 0 Å². The van der Waals surface area contributed by atoms with Crippen molar-refractivity contribution < 1.29 is 4.48 Å². The second-order valence-electron chi connectivity index (χ2n) is 7.72. The van der Waals surface area contributed by atoms with Gasteiger partial charge in [-0.25, -0.2) is 0 Å². The van der Waals surface area contributed by atoms with Gasteiger partial charge in [-0.2, -0.15) is 0 Å². The van der Waals surface area contributed by atoms with Gasteiger partial charge >= 0.3 is 0 Å². The second kappa shape index (κ2) is 17.0. The van der Waals surface area contributed by atoms with E-state index in [1.165, 1.54) is 77.2 Å². The Kier molecular flexibility index (Phi) is 16.4. The van der Waals surface area contributed by atoms with Crippen LogP contribution in [0.25, 0.3) is 0 Å². The molecule has 0 N–H and O–H groups in total. The Morgan fingerprint density at radius 1 is 0.625 bits per heavy atom. The van der Waals surface area contributed by atoms with Gasteiger partial charge in [-0.1, -0.05) is 95.1 Å². The quantitative estimate of drug-likeness (QED) is 0.161. The van der Waals surface area contributed by atoms with E-state index in [9.17, 15) is 0 Å². The van der Waals surface area contributed by atoms with Crippen LogP contribution in [0.2, 0.25) is 0 Å². The Morgan fingerprint density at radius 2 is 1.12 bits per heavy atom. The van der Waals surface area contributed by atoms with Gasteiger partial charge in [-0.3, -0.25) is 0 Å². The Morgan fingerprint density at radius 3 is 1.67 bits per heavy atom. The summed E-state index contributed by atoms with van der Waals surface area (Å²) in [5.41, 5.74) is 0. The molecule has 0 rings (SSSR count). The third-order valence-corrected chi connectivity index (χ3v) is 4.63. The SMILES string of the molecule is C/C=C/C=C/C=C/C[N+](C)(C)CCCCCCCCCCCCC. The molecule has 0 aliphatic carbocycles. The molecular weight excluding hydrogens is 290 g/mol. The summed E-state index contributed by atoms with van der Waals surface area (Å²) in [5.74, 6) is 0. The van der Waals surface area contributed by atoms with Crippen LogP contribution in [-0.4, -0.2) is 31.7 Å². The van der Waals surface area contributed by atoms with E-state index in [0.717, 1.165) is 11.0 Å². The molecule has 0 spiro atoms. The molecule has 0 aromatic heterocycles. The van der Waals surface area contributed by atoms with E-state index in [2.05, 4.69) is 57.5 Å². The number of nitrogens with zero attached hydrogens (tertiary/aromatic N) is 1. The summed E-state index contributed by atoms with van der Waals surface area (Å²) in [6, 6.07) is 0. The van der Waals surface area contributed by atoms with Gasteiger partial charge in [0.2, 0.25) is 0 Å². The van der Waals surface area contributed by atoms with E-state index in [1.807, 2.05) is 6.92 Å². The fourth-order valence-electron chi connectivity index (χ4n) is 2.96. The molecule has 0 aliphatic rings. The van der Waals surface area contributed by atoms with Crippen LogP contribution < -0.4 is 0 Å². The minimum absolute atomic E-state index is 1.10. The van der Waals surface area contributed by atoms with Crippen molar-refractivity contribution in [3.05, 3.63) is 36.5 Å². The smallest absolute Gasteiger partial charge is 0.0972 e. The molecule has 0 amide bonds. The van der Waals surface area contributed by atoms with Gasteiger partial charge in [0.25, 0.3) is 0 Å². The van der Waals surface area contributed by atoms with Crippen LogP contribution in [0.3, 0.4) is 0 Å². The highest BCUT2D eigenvalue weighted by Crippen LogP contribution is 2.12. The maximum atomic E-state index is 2.34. The molecule has 0 fully saturated rings. The third-order valence-electron chi connectivity index (χ3n) is 4.63. The maximum Gasteiger partial charge on any atom is 0.0972 e. The summed E-state index contributed by atoms with van der Waals surface area (Å²) < 4.78 is 1.10. The summed E-state index contributed by atoms with van der Waals surface area (Å²) in [5, 5.41) is 0. The molecule has 0 saturated heterocycles. The van der Waals surface area contributed by atoms with Gasteiger partial charge in [0.1, 0.15) is 0 Å². The molecule has 140 valence electrons. The summed E-state index contributed by atoms with van der Waals surface area (Å²) in [6.45, 7) is 6.75. The summed E-state index contributed by atoms with van der Waals surface area (Å²) >= 11 is 0. The number of hydrogen-bond donors (Lipinski definition) is 0. The number of likely N-dealkylation sites (N-methyl/N-ethyl adjacent to an activating group) is 1. The lowest BCUT2D eigenvalue weighted by molar-refractivity contribution is -0.884. The first-order valence-corrected chi connectivity index (χ1v) is 10.4. The maximum absolute atomic E-state index is 2.34. The van der Waals surface area contributed by atoms with Gasteiger partial charge in [-0.15, -0.1) is 0 Å². The standard InChI is InChI=1S/C23H44N/c1-5-7-9-11-13-14-15-16-17-19-21-23-24(3,4)22-20-18-12-10-8-6-2/h6,8,10,12,18,20H,5,7,9,11,13-17,19,21-23H2,1-4H3/q+1/b8-6+,12-10+,20-18+. The molecule has 0 heterocycles. The highest BCUT2D eigenvalue weighted by Gasteiger charge is 2.11. The lowest BCUT2D eigenvalue weighted by Crippen LogP contribution is -2.40. The summed E-state index contributed by atoms with van der Waals surface area (Å²) in [4.78, 5) is 0. The number of unbranched alkanes of at least 4 members (excludes halogenated alkanes) is 10. The van der Waals surface area contributed by atoms with Gasteiger partial charge < -0.3 is 4.48 Å². The van der Waals surface area contributed by atoms with Crippen molar-refractivity contribution in [2.24, 2.45) is 0 Å². The number of quaternary nitrogens is 1. The molecule has 0 unspecified atom stereocenters. The Bertz CT molecular complexity index is 336. The van der Waals surface area contributed by atoms with Crippen LogP contribution >= 0.6 is 0 Å². The van der Waals surface area contributed by atoms with Crippen molar-refractivity contribution in [3.63, 3.8) is 0 Å². The predicted molar refractivity (Wildman–Crippen MR) is 111 cm³/mol. The zero-order valence-electron chi connectivity index (χ0n) is 17.1. The van der Waals surface area contributed by atoms with E-state index >= 15 is 0 Å². The molecular formula is C23H44N+. The average Bonchev–Trinajstić information content (AvgIpc) is 2.56. The first-order valence-electron chi connectivity index (χ1n) is 10.4. The van der Waals surface area contributed by atoms with Crippen LogP contribution in [-0.2, 0) is 0 Å². The van der Waals surface area contributed by atoms with Crippen molar-refractivity contribution in [3.8, 4) is 0 Å². The van der Waals surface area contributed by atoms with E-state index in [-0.39, 0.29) is 0 Å². The molecule has 0 aromatic rings. The fourth-order valence-corrected chi connectivity index (χ4v) is 2.96. The minimum atomic E-state index is 1.10. The van der Waals surface area contributed by atoms with Crippen LogP contribution in [0.15, 0.2) is 36.5 Å². The summed E-state index contributed by atoms with van der Waals surface area (Å²) in [7, 11) is 4.69. The predicted octanol–water partition coefficient (Wildman–Crippen LogP) is 7.06. The van der Waals surface area contributed by atoms with Crippen LogP contribution in [0.4, 0.5) is 0 Å². The van der Waals surface area contributed by atoms with Crippen molar-refractivity contribution in [2.45, 2.75) is 84.5 Å². The Balaban J connectivity index is 3.48. The lowest BCUT2D eigenvalue weighted by Gasteiger charge is -2.28. The average molecular weight is 335 g/mol. The van der Waals surface area contributed by atoms with Gasteiger partial charge in [0.15, 0.2) is 0 Å². The number of allylic oxidation sites excluding steroid dienone is 5. The van der Waals surface area contributed by atoms with Crippen LogP contribution in [0, 0.1) is 0 Å². The lowest BCUT2D eigenvalue weighted by atomic mass is 10.1. The van der Waals surface area contributed by atoms with Crippen molar-refractivity contribution >= 4 is 0 Å². The van der Waals surface area contributed by atoms with Gasteiger partial charge in [-0.05, 0) is 25.8 Å². The van der Waals surface area contributed by atoms with E-state index < -0.39 is 0 Å². The second-order valence-corrected chi connectivity index (χ2v) is 7.72. The fraction of sp³-hybridized carbons (Fsp3) is 0.739. The van der Waals surface area contributed by atoms with Gasteiger partial charge in [0, 0.05) is 0 Å². The molecule has 1 nitrogen and oxygen atoms in total. The Hall–Kier alpha value is -0.820.